The first-order chi connectivity index (χ1) is 12.7. The molecule has 0 bridgehead atoms. The van der Waals surface area contributed by atoms with Gasteiger partial charge in [-0.2, -0.15) is 18.3 Å². The minimum atomic E-state index is -4.42. The second-order valence-corrected chi connectivity index (χ2v) is 6.63. The molecule has 7 nitrogen and oxygen atoms in total. The van der Waals surface area contributed by atoms with Crippen LogP contribution in [0.5, 0.6) is 0 Å². The maximum Gasteiger partial charge on any atom is 0.417 e. The standard InChI is InChI=1S/C17H20F3N5O2/c1-24-15(26)7-5-13(23-24)16(27)22-12-3-2-8-25(10-12)14-6-4-11(9-21-14)17(18,19)20/h4,6,9,12H,2-3,5,7-8,10H2,1H3,(H,22,27). The average molecular weight is 383 g/mol. The van der Waals surface area contributed by atoms with Gasteiger partial charge in [0, 0.05) is 45.2 Å². The Balaban J connectivity index is 1.62. The van der Waals surface area contributed by atoms with Crippen LogP contribution in [0.2, 0.25) is 0 Å². The fourth-order valence-electron chi connectivity index (χ4n) is 3.15. The van der Waals surface area contributed by atoms with E-state index in [1.807, 2.05) is 4.90 Å². The van der Waals surface area contributed by atoms with Crippen molar-refractivity contribution in [1.82, 2.24) is 15.3 Å². The van der Waals surface area contributed by atoms with Crippen molar-refractivity contribution in [1.29, 1.82) is 0 Å². The van der Waals surface area contributed by atoms with Crippen LogP contribution in [0, 0.1) is 0 Å². The second kappa shape index (κ2) is 7.53. The first-order valence-corrected chi connectivity index (χ1v) is 8.67. The number of amides is 2. The molecule has 1 aromatic heterocycles. The smallest absolute Gasteiger partial charge is 0.355 e. The topological polar surface area (TPSA) is 77.9 Å². The Morgan fingerprint density at radius 2 is 2.07 bits per heavy atom. The molecule has 10 heteroatoms. The van der Waals surface area contributed by atoms with Crippen LogP contribution in [0.15, 0.2) is 23.4 Å². The molecular weight excluding hydrogens is 363 g/mol. The number of alkyl halides is 3. The lowest BCUT2D eigenvalue weighted by atomic mass is 10.0. The highest BCUT2D eigenvalue weighted by Crippen LogP contribution is 2.29. The third-order valence-corrected chi connectivity index (χ3v) is 4.63. The van der Waals surface area contributed by atoms with Crippen LogP contribution in [-0.2, 0) is 15.8 Å². The van der Waals surface area contributed by atoms with Crippen LogP contribution >= 0.6 is 0 Å². The Kier molecular flexibility index (Phi) is 5.33. The molecule has 2 amide bonds. The summed E-state index contributed by atoms with van der Waals surface area (Å²) >= 11 is 0. The van der Waals surface area contributed by atoms with Gasteiger partial charge in [-0.3, -0.25) is 9.59 Å². The molecule has 0 saturated carbocycles. The monoisotopic (exact) mass is 383 g/mol. The molecule has 0 spiro atoms. The van der Waals surface area contributed by atoms with Gasteiger partial charge in [-0.1, -0.05) is 0 Å². The summed E-state index contributed by atoms with van der Waals surface area (Å²) in [5.41, 5.74) is -0.482. The molecule has 1 atom stereocenters. The number of hydrogen-bond acceptors (Lipinski definition) is 5. The first-order valence-electron chi connectivity index (χ1n) is 8.67. The van der Waals surface area contributed by atoms with Crippen molar-refractivity contribution < 1.29 is 22.8 Å². The van der Waals surface area contributed by atoms with Gasteiger partial charge < -0.3 is 10.2 Å². The van der Waals surface area contributed by atoms with Gasteiger partial charge in [0.1, 0.15) is 11.5 Å². The lowest BCUT2D eigenvalue weighted by Crippen LogP contribution is -2.50. The molecule has 27 heavy (non-hydrogen) atoms. The largest absolute Gasteiger partial charge is 0.417 e. The Morgan fingerprint density at radius 3 is 2.70 bits per heavy atom. The zero-order chi connectivity index (χ0) is 19.6. The third-order valence-electron chi connectivity index (χ3n) is 4.63. The molecule has 1 saturated heterocycles. The number of nitrogens with zero attached hydrogens (tertiary/aromatic N) is 4. The number of rotatable bonds is 3. The van der Waals surface area contributed by atoms with E-state index in [2.05, 4.69) is 15.4 Å². The molecule has 2 aliphatic rings. The van der Waals surface area contributed by atoms with Gasteiger partial charge in [0.05, 0.1) is 5.56 Å². The predicted octanol–water partition coefficient (Wildman–Crippen LogP) is 1.79. The maximum absolute atomic E-state index is 12.7. The SMILES string of the molecule is CN1N=C(C(=O)NC2CCCN(c3ccc(C(F)(F)F)cn3)C2)CCC1=O. The molecule has 3 rings (SSSR count). The summed E-state index contributed by atoms with van der Waals surface area (Å²) in [7, 11) is 1.51. The fourth-order valence-corrected chi connectivity index (χ4v) is 3.15. The fraction of sp³-hybridized carbons (Fsp3) is 0.529. The Bertz CT molecular complexity index is 748. The van der Waals surface area contributed by atoms with Gasteiger partial charge in [-0.05, 0) is 25.0 Å². The minimum absolute atomic E-state index is 0.135. The molecule has 146 valence electrons. The van der Waals surface area contributed by atoms with E-state index in [0.29, 0.717) is 31.0 Å². The highest BCUT2D eigenvalue weighted by molar-refractivity contribution is 6.39. The molecule has 1 N–H and O–H groups in total. The molecule has 1 aromatic rings. The van der Waals surface area contributed by atoms with E-state index < -0.39 is 11.7 Å². The number of anilines is 1. The van der Waals surface area contributed by atoms with Crippen LogP contribution in [0.4, 0.5) is 19.0 Å². The summed E-state index contributed by atoms with van der Waals surface area (Å²) in [6.45, 7) is 1.11. The van der Waals surface area contributed by atoms with Crippen LogP contribution in [0.1, 0.15) is 31.2 Å². The highest BCUT2D eigenvalue weighted by Gasteiger charge is 2.31. The van der Waals surface area contributed by atoms with Crippen LogP contribution in [0.3, 0.4) is 0 Å². The second-order valence-electron chi connectivity index (χ2n) is 6.63. The zero-order valence-electron chi connectivity index (χ0n) is 14.8. The molecule has 1 fully saturated rings. The molecule has 1 unspecified atom stereocenters. The van der Waals surface area contributed by atoms with Crippen LogP contribution in [-0.4, -0.2) is 53.7 Å². The molecule has 2 aliphatic heterocycles. The van der Waals surface area contributed by atoms with Crippen molar-refractivity contribution in [3.05, 3.63) is 23.9 Å². The van der Waals surface area contributed by atoms with Gasteiger partial charge >= 0.3 is 6.18 Å². The lowest BCUT2D eigenvalue weighted by Gasteiger charge is -2.34. The maximum atomic E-state index is 12.7. The number of carbonyl (C=O) groups excluding carboxylic acids is 2. The van der Waals surface area contributed by atoms with Crippen molar-refractivity contribution in [3.8, 4) is 0 Å². The number of carbonyl (C=O) groups is 2. The number of halogens is 3. The van der Waals surface area contributed by atoms with Gasteiger partial charge in [0.2, 0.25) is 5.91 Å². The summed E-state index contributed by atoms with van der Waals surface area (Å²) in [5.74, 6) is -0.00682. The van der Waals surface area contributed by atoms with Crippen LogP contribution < -0.4 is 10.2 Å². The number of aromatic nitrogens is 1. The number of piperidine rings is 1. The number of hydrazone groups is 1. The van der Waals surface area contributed by atoms with Crippen molar-refractivity contribution in [2.24, 2.45) is 5.10 Å². The summed E-state index contributed by atoms with van der Waals surface area (Å²) in [4.78, 5) is 29.6. The van der Waals surface area contributed by atoms with E-state index in [1.54, 1.807) is 0 Å². The summed E-state index contributed by atoms with van der Waals surface area (Å²) in [5, 5.41) is 8.06. The van der Waals surface area contributed by atoms with Crippen molar-refractivity contribution in [2.45, 2.75) is 37.9 Å². The summed E-state index contributed by atoms with van der Waals surface area (Å²) in [6, 6.07) is 2.19. The Hall–Kier alpha value is -2.65. The van der Waals surface area contributed by atoms with E-state index in [9.17, 15) is 22.8 Å². The predicted molar refractivity (Wildman–Crippen MR) is 92.1 cm³/mol. The molecule has 0 aliphatic carbocycles. The van der Waals surface area contributed by atoms with Crippen molar-refractivity contribution >= 4 is 23.3 Å². The Labute approximate surface area is 154 Å². The molecule has 3 heterocycles. The molecule has 0 radical (unpaired) electrons. The Morgan fingerprint density at radius 1 is 1.30 bits per heavy atom. The first kappa shape index (κ1) is 19.1. The molecule has 0 aromatic carbocycles. The number of hydrogen-bond donors (Lipinski definition) is 1. The van der Waals surface area contributed by atoms with E-state index in [0.717, 1.165) is 30.1 Å². The van der Waals surface area contributed by atoms with Gasteiger partial charge in [-0.15, -0.1) is 0 Å². The van der Waals surface area contributed by atoms with Gasteiger partial charge in [-0.25, -0.2) is 9.99 Å². The quantitative estimate of drug-likeness (QED) is 0.863. The summed E-state index contributed by atoms with van der Waals surface area (Å²) in [6.07, 6.45) is -1.52. The van der Waals surface area contributed by atoms with Gasteiger partial charge in [0.15, 0.2) is 0 Å². The van der Waals surface area contributed by atoms with E-state index >= 15 is 0 Å². The zero-order valence-corrected chi connectivity index (χ0v) is 14.8. The van der Waals surface area contributed by atoms with Crippen molar-refractivity contribution in [2.75, 3.05) is 25.0 Å². The highest BCUT2D eigenvalue weighted by atomic mass is 19.4. The normalized spacial score (nSPS) is 21.1. The average Bonchev–Trinajstić information content (AvgIpc) is 2.63. The van der Waals surface area contributed by atoms with Crippen molar-refractivity contribution in [3.63, 3.8) is 0 Å². The molecular formula is C17H20F3N5O2. The van der Waals surface area contributed by atoms with Crippen LogP contribution in [0.25, 0.3) is 0 Å². The van der Waals surface area contributed by atoms with E-state index in [4.69, 9.17) is 0 Å². The minimum Gasteiger partial charge on any atom is -0.355 e. The van der Waals surface area contributed by atoms with E-state index in [-0.39, 0.29) is 24.3 Å². The summed E-state index contributed by atoms with van der Waals surface area (Å²) < 4.78 is 38.0. The number of nitrogens with one attached hydrogen (secondary N) is 1. The number of pyridine rings is 1. The lowest BCUT2D eigenvalue weighted by molar-refractivity contribution is -0.137. The third kappa shape index (κ3) is 4.55. The van der Waals surface area contributed by atoms with Gasteiger partial charge in [0.25, 0.3) is 5.91 Å². The van der Waals surface area contributed by atoms with E-state index in [1.165, 1.54) is 13.1 Å².